The van der Waals surface area contributed by atoms with E-state index in [-0.39, 0.29) is 0 Å². The third-order valence-corrected chi connectivity index (χ3v) is 5.18. The molecule has 0 aliphatic heterocycles. The molecule has 0 unspecified atom stereocenters. The van der Waals surface area contributed by atoms with Gasteiger partial charge in [0, 0.05) is 45.0 Å². The molecule has 0 saturated heterocycles. The van der Waals surface area contributed by atoms with Gasteiger partial charge in [-0.3, -0.25) is 4.99 Å². The monoisotopic (exact) mass is 382 g/mol. The minimum atomic E-state index is 0.726. The fourth-order valence-electron chi connectivity index (χ4n) is 2.97. The zero-order valence-corrected chi connectivity index (χ0v) is 17.1. The Kier molecular flexibility index (Phi) is 6.24. The number of thiazole rings is 1. The van der Waals surface area contributed by atoms with Crippen LogP contribution in [0.5, 0.6) is 0 Å². The average molecular weight is 383 g/mol. The van der Waals surface area contributed by atoms with Crippen molar-refractivity contribution in [2.45, 2.75) is 33.5 Å². The van der Waals surface area contributed by atoms with Crippen LogP contribution in [0.1, 0.15) is 27.7 Å². The molecule has 3 aromatic rings. The number of hydrogen-bond acceptors (Lipinski definition) is 4. The molecule has 0 spiro atoms. The van der Waals surface area contributed by atoms with E-state index in [1.165, 1.54) is 11.1 Å². The Morgan fingerprint density at radius 3 is 2.78 bits per heavy atom. The molecule has 27 heavy (non-hydrogen) atoms. The van der Waals surface area contributed by atoms with E-state index in [0.717, 1.165) is 42.1 Å². The van der Waals surface area contributed by atoms with Crippen LogP contribution < -0.4 is 5.32 Å². The van der Waals surface area contributed by atoms with Crippen molar-refractivity contribution in [3.63, 3.8) is 0 Å². The molecule has 0 saturated carbocycles. The highest BCUT2D eigenvalue weighted by molar-refractivity contribution is 7.09. The van der Waals surface area contributed by atoms with Gasteiger partial charge in [0.2, 0.25) is 0 Å². The van der Waals surface area contributed by atoms with Crippen molar-refractivity contribution in [1.29, 1.82) is 0 Å². The van der Waals surface area contributed by atoms with Crippen molar-refractivity contribution >= 4 is 17.3 Å². The van der Waals surface area contributed by atoms with Gasteiger partial charge in [-0.15, -0.1) is 11.3 Å². The van der Waals surface area contributed by atoms with E-state index >= 15 is 0 Å². The molecule has 2 aromatic heterocycles. The van der Waals surface area contributed by atoms with E-state index in [4.69, 9.17) is 0 Å². The number of aryl methyl sites for hydroxylation is 2. The highest BCUT2D eigenvalue weighted by Gasteiger charge is 2.09. The molecule has 6 nitrogen and oxygen atoms in total. The Hall–Kier alpha value is -2.67. The topological polar surface area (TPSA) is 58.3 Å². The molecule has 142 valence electrons. The number of imidazole rings is 1. The summed E-state index contributed by atoms with van der Waals surface area (Å²) in [5, 5.41) is 6.63. The number of guanidine groups is 1. The van der Waals surface area contributed by atoms with Crippen LogP contribution in [0.4, 0.5) is 0 Å². The van der Waals surface area contributed by atoms with Crippen LogP contribution in [0.3, 0.4) is 0 Å². The number of nitrogens with zero attached hydrogens (tertiary/aromatic N) is 5. The molecular weight excluding hydrogens is 356 g/mol. The van der Waals surface area contributed by atoms with Crippen molar-refractivity contribution in [3.05, 3.63) is 69.7 Å². The summed E-state index contributed by atoms with van der Waals surface area (Å²) in [4.78, 5) is 15.3. The fraction of sp³-hybridized carbons (Fsp3) is 0.350. The summed E-state index contributed by atoms with van der Waals surface area (Å²) in [6.07, 6.45) is 3.85. The Balaban J connectivity index is 1.59. The molecule has 1 N–H and O–H groups in total. The Labute approximate surface area is 164 Å². The maximum atomic E-state index is 4.53. The maximum Gasteiger partial charge on any atom is 0.194 e. The van der Waals surface area contributed by atoms with Gasteiger partial charge in [0.1, 0.15) is 5.82 Å². The van der Waals surface area contributed by atoms with Crippen molar-refractivity contribution in [3.8, 4) is 0 Å². The van der Waals surface area contributed by atoms with E-state index in [1.807, 2.05) is 40.3 Å². The molecular formula is C20H26N6S. The molecule has 0 bridgehead atoms. The first-order chi connectivity index (χ1) is 13.0. The predicted octanol–water partition coefficient (Wildman–Crippen LogP) is 3.21. The van der Waals surface area contributed by atoms with Gasteiger partial charge < -0.3 is 14.8 Å². The van der Waals surface area contributed by atoms with Crippen LogP contribution in [-0.4, -0.2) is 39.5 Å². The molecule has 0 amide bonds. The number of rotatable bonds is 6. The molecule has 0 atom stereocenters. The van der Waals surface area contributed by atoms with E-state index in [1.54, 1.807) is 11.3 Å². The molecule has 7 heteroatoms. The first-order valence-corrected chi connectivity index (χ1v) is 9.81. The minimum Gasteiger partial charge on any atom is -0.352 e. The Morgan fingerprint density at radius 2 is 2.11 bits per heavy atom. The number of aromatic nitrogens is 3. The minimum absolute atomic E-state index is 0.726. The lowest BCUT2D eigenvalue weighted by Gasteiger charge is -2.21. The molecule has 1 aromatic carbocycles. The van der Waals surface area contributed by atoms with Gasteiger partial charge in [0.15, 0.2) is 5.96 Å². The summed E-state index contributed by atoms with van der Waals surface area (Å²) in [5.41, 5.74) is 3.56. The van der Waals surface area contributed by atoms with E-state index in [2.05, 4.69) is 59.4 Å². The van der Waals surface area contributed by atoms with E-state index in [0.29, 0.717) is 0 Å². The van der Waals surface area contributed by atoms with Gasteiger partial charge in [0.05, 0.1) is 17.2 Å². The van der Waals surface area contributed by atoms with E-state index in [9.17, 15) is 0 Å². The highest BCUT2D eigenvalue weighted by atomic mass is 32.1. The zero-order chi connectivity index (χ0) is 19.2. The number of hydrogen-bond donors (Lipinski definition) is 1. The number of nitrogens with one attached hydrogen (secondary N) is 1. The van der Waals surface area contributed by atoms with E-state index < -0.39 is 0 Å². The molecule has 2 heterocycles. The summed E-state index contributed by atoms with van der Waals surface area (Å²) in [5.74, 6) is 1.88. The molecule has 0 aliphatic carbocycles. The quantitative estimate of drug-likeness (QED) is 0.525. The van der Waals surface area contributed by atoms with Crippen molar-refractivity contribution in [1.82, 2.24) is 24.8 Å². The van der Waals surface area contributed by atoms with Crippen molar-refractivity contribution in [2.75, 3.05) is 14.1 Å². The first kappa shape index (κ1) is 19.1. The van der Waals surface area contributed by atoms with Crippen LogP contribution in [0, 0.1) is 13.8 Å². The van der Waals surface area contributed by atoms with Crippen LogP contribution in [-0.2, 0) is 19.6 Å². The van der Waals surface area contributed by atoms with Crippen LogP contribution >= 0.6 is 11.3 Å². The highest BCUT2D eigenvalue weighted by Crippen LogP contribution is 2.11. The standard InChI is InChI=1S/C20H26N6S/c1-15-22-8-9-26(15)12-18-7-5-6-17(10-18)11-23-20(21-3)25(4)13-19-14-27-16(2)24-19/h5-10,14H,11-13H2,1-4H3,(H,21,23). The lowest BCUT2D eigenvalue weighted by Crippen LogP contribution is -2.38. The van der Waals surface area contributed by atoms with Gasteiger partial charge in [-0.05, 0) is 25.0 Å². The Bertz CT molecular complexity index is 911. The zero-order valence-electron chi connectivity index (χ0n) is 16.3. The van der Waals surface area contributed by atoms with Crippen LogP contribution in [0.15, 0.2) is 47.0 Å². The summed E-state index contributed by atoms with van der Waals surface area (Å²) in [6, 6.07) is 8.61. The lowest BCUT2D eigenvalue weighted by atomic mass is 10.1. The SMILES string of the molecule is CN=C(NCc1cccc(Cn2ccnc2C)c1)N(C)Cc1csc(C)n1. The first-order valence-electron chi connectivity index (χ1n) is 8.93. The van der Waals surface area contributed by atoms with Gasteiger partial charge >= 0.3 is 0 Å². The third kappa shape index (κ3) is 5.17. The van der Waals surface area contributed by atoms with Gasteiger partial charge in [-0.25, -0.2) is 9.97 Å². The van der Waals surface area contributed by atoms with Crippen LogP contribution in [0.2, 0.25) is 0 Å². The summed E-state index contributed by atoms with van der Waals surface area (Å²) < 4.78 is 2.15. The second kappa shape index (κ2) is 8.81. The number of benzene rings is 1. The number of aliphatic imine (C=N–C) groups is 1. The van der Waals surface area contributed by atoms with Gasteiger partial charge in [0.25, 0.3) is 0 Å². The summed E-state index contributed by atoms with van der Waals surface area (Å²) in [6.45, 7) is 6.35. The fourth-order valence-corrected chi connectivity index (χ4v) is 3.57. The molecule has 0 radical (unpaired) electrons. The van der Waals surface area contributed by atoms with Crippen molar-refractivity contribution < 1.29 is 0 Å². The molecule has 0 fully saturated rings. The Morgan fingerprint density at radius 1 is 1.30 bits per heavy atom. The second-order valence-electron chi connectivity index (χ2n) is 6.54. The normalized spacial score (nSPS) is 11.6. The van der Waals surface area contributed by atoms with Gasteiger partial charge in [-0.1, -0.05) is 24.3 Å². The largest absolute Gasteiger partial charge is 0.352 e. The maximum absolute atomic E-state index is 4.53. The van der Waals surface area contributed by atoms with Gasteiger partial charge in [-0.2, -0.15) is 0 Å². The lowest BCUT2D eigenvalue weighted by molar-refractivity contribution is 0.470. The predicted molar refractivity (Wildman–Crippen MR) is 111 cm³/mol. The summed E-state index contributed by atoms with van der Waals surface area (Å²) in [7, 11) is 3.84. The molecule has 3 rings (SSSR count). The smallest absolute Gasteiger partial charge is 0.194 e. The average Bonchev–Trinajstić information content (AvgIpc) is 3.24. The second-order valence-corrected chi connectivity index (χ2v) is 7.60. The van der Waals surface area contributed by atoms with Crippen LogP contribution in [0.25, 0.3) is 0 Å². The third-order valence-electron chi connectivity index (χ3n) is 4.36. The summed E-state index contributed by atoms with van der Waals surface area (Å²) >= 11 is 1.68. The molecule has 0 aliphatic rings. The van der Waals surface area contributed by atoms with Crippen molar-refractivity contribution in [2.24, 2.45) is 4.99 Å².